The predicted octanol–water partition coefficient (Wildman–Crippen LogP) is 1.52. The lowest BCUT2D eigenvalue weighted by molar-refractivity contribution is -0.136. The number of nitrogens with one attached hydrogen (secondary N) is 1. The molecule has 0 spiro atoms. The van der Waals surface area contributed by atoms with Gasteiger partial charge in [0.2, 0.25) is 0 Å². The summed E-state index contributed by atoms with van der Waals surface area (Å²) in [7, 11) is 1.37. The van der Waals surface area contributed by atoms with Crippen molar-refractivity contribution in [3.8, 4) is 0 Å². The number of carbonyl (C=O) groups is 2. The van der Waals surface area contributed by atoms with Crippen LogP contribution in [0, 0.1) is 0 Å². The number of nitrogens with zero attached hydrogens (tertiary/aromatic N) is 1. The molecule has 1 aromatic heterocycles. The number of fused-ring (bicyclic) bond motifs is 1. The highest BCUT2D eigenvalue weighted by atomic mass is 16.6. The summed E-state index contributed by atoms with van der Waals surface area (Å²) < 4.78 is 5.17. The van der Waals surface area contributed by atoms with Crippen LogP contribution in [-0.4, -0.2) is 29.9 Å². The highest BCUT2D eigenvalue weighted by Crippen LogP contribution is 2.25. The van der Waals surface area contributed by atoms with Gasteiger partial charge >= 0.3 is 0 Å². The van der Waals surface area contributed by atoms with Gasteiger partial charge in [0, 0.05) is 13.0 Å². The third-order valence-electron chi connectivity index (χ3n) is 3.75. The largest absolute Gasteiger partial charge is 0.459 e. The topological polar surface area (TPSA) is 71.8 Å². The van der Waals surface area contributed by atoms with E-state index in [-0.39, 0.29) is 17.6 Å². The molecule has 1 N–H and O–H groups in total. The number of carbonyl (C=O) groups excluding carboxylic acids is 2. The van der Waals surface area contributed by atoms with E-state index in [9.17, 15) is 9.59 Å². The van der Waals surface area contributed by atoms with Crippen LogP contribution in [0.5, 0.6) is 0 Å². The van der Waals surface area contributed by atoms with Crippen molar-refractivity contribution < 1.29 is 18.8 Å². The predicted molar refractivity (Wildman–Crippen MR) is 77.7 cm³/mol. The molecule has 0 saturated heterocycles. The Morgan fingerprint density at radius 3 is 2.68 bits per heavy atom. The fourth-order valence-electron chi connectivity index (χ4n) is 2.68. The van der Waals surface area contributed by atoms with Crippen LogP contribution < -0.4 is 5.48 Å². The van der Waals surface area contributed by atoms with Gasteiger partial charge in [0.1, 0.15) is 6.04 Å². The average molecular weight is 300 g/mol. The van der Waals surface area contributed by atoms with E-state index >= 15 is 0 Å². The van der Waals surface area contributed by atoms with Crippen molar-refractivity contribution >= 4 is 11.8 Å². The van der Waals surface area contributed by atoms with Gasteiger partial charge < -0.3 is 9.32 Å². The lowest BCUT2D eigenvalue weighted by Crippen LogP contribution is -2.52. The molecular formula is C16H16N2O4. The third kappa shape index (κ3) is 2.60. The maximum absolute atomic E-state index is 12.6. The number of rotatable bonds is 3. The first kappa shape index (κ1) is 14.3. The highest BCUT2D eigenvalue weighted by molar-refractivity contribution is 5.95. The first-order valence-electron chi connectivity index (χ1n) is 6.95. The smallest absolute Gasteiger partial charge is 0.290 e. The molecule has 6 heteroatoms. The van der Waals surface area contributed by atoms with Crippen LogP contribution in [0.4, 0.5) is 0 Å². The van der Waals surface area contributed by atoms with Gasteiger partial charge in [-0.05, 0) is 23.3 Å². The molecule has 0 aliphatic carbocycles. The van der Waals surface area contributed by atoms with Crippen molar-refractivity contribution in [1.29, 1.82) is 0 Å². The van der Waals surface area contributed by atoms with E-state index in [4.69, 9.17) is 9.25 Å². The molecule has 1 aliphatic rings. The highest BCUT2D eigenvalue weighted by Gasteiger charge is 2.35. The Balaban J connectivity index is 1.94. The second-order valence-electron chi connectivity index (χ2n) is 5.07. The minimum atomic E-state index is -0.632. The normalized spacial score (nSPS) is 17.0. The van der Waals surface area contributed by atoms with Crippen molar-refractivity contribution in [2.45, 2.75) is 19.0 Å². The monoisotopic (exact) mass is 300 g/mol. The van der Waals surface area contributed by atoms with Crippen LogP contribution in [0.15, 0.2) is 47.1 Å². The number of furan rings is 1. The minimum Gasteiger partial charge on any atom is -0.459 e. The zero-order valence-corrected chi connectivity index (χ0v) is 12.1. The van der Waals surface area contributed by atoms with Crippen molar-refractivity contribution in [3.05, 3.63) is 59.5 Å². The molecule has 0 fully saturated rings. The van der Waals surface area contributed by atoms with Gasteiger partial charge in [-0.2, -0.15) is 0 Å². The van der Waals surface area contributed by atoms with Gasteiger partial charge in [-0.15, -0.1) is 0 Å². The molecule has 2 aromatic rings. The molecule has 0 radical (unpaired) electrons. The van der Waals surface area contributed by atoms with Crippen LogP contribution in [-0.2, 0) is 22.6 Å². The maximum atomic E-state index is 12.6. The molecule has 0 unspecified atom stereocenters. The van der Waals surface area contributed by atoms with Gasteiger partial charge in [0.05, 0.1) is 13.4 Å². The fourth-order valence-corrected chi connectivity index (χ4v) is 2.68. The second kappa shape index (κ2) is 6.03. The Kier molecular flexibility index (Phi) is 3.93. The van der Waals surface area contributed by atoms with E-state index in [1.165, 1.54) is 18.3 Å². The maximum Gasteiger partial charge on any atom is 0.290 e. The van der Waals surface area contributed by atoms with Crippen LogP contribution in [0.2, 0.25) is 0 Å². The molecule has 2 amide bonds. The SMILES string of the molecule is CONC(=O)[C@@H]1Cc2ccccc2CN1C(=O)c1ccco1. The van der Waals surface area contributed by atoms with Crippen molar-refractivity contribution in [3.63, 3.8) is 0 Å². The number of hydrogen-bond acceptors (Lipinski definition) is 4. The second-order valence-corrected chi connectivity index (χ2v) is 5.07. The molecule has 1 atom stereocenters. The van der Waals surface area contributed by atoms with Crippen molar-refractivity contribution in [2.24, 2.45) is 0 Å². The van der Waals surface area contributed by atoms with Gasteiger partial charge in [0.25, 0.3) is 11.8 Å². The van der Waals surface area contributed by atoms with Crippen LogP contribution in [0.1, 0.15) is 21.7 Å². The molecule has 3 rings (SSSR count). The summed E-state index contributed by atoms with van der Waals surface area (Å²) in [5, 5.41) is 0. The van der Waals surface area contributed by atoms with Crippen molar-refractivity contribution in [2.75, 3.05) is 7.11 Å². The van der Waals surface area contributed by atoms with Gasteiger partial charge in [0.15, 0.2) is 5.76 Å². The lowest BCUT2D eigenvalue weighted by Gasteiger charge is -2.35. The quantitative estimate of drug-likeness (QED) is 0.873. The molecule has 6 nitrogen and oxygen atoms in total. The first-order valence-corrected chi connectivity index (χ1v) is 6.95. The van der Waals surface area contributed by atoms with E-state index in [1.54, 1.807) is 12.1 Å². The summed E-state index contributed by atoms with van der Waals surface area (Å²) in [6.07, 6.45) is 1.88. The molecule has 114 valence electrons. The van der Waals surface area contributed by atoms with E-state index in [0.29, 0.717) is 13.0 Å². The van der Waals surface area contributed by atoms with E-state index < -0.39 is 6.04 Å². The molecular weight excluding hydrogens is 284 g/mol. The Morgan fingerprint density at radius 1 is 1.23 bits per heavy atom. The number of benzene rings is 1. The van der Waals surface area contributed by atoms with Crippen LogP contribution >= 0.6 is 0 Å². The molecule has 22 heavy (non-hydrogen) atoms. The summed E-state index contributed by atoms with van der Waals surface area (Å²) in [6, 6.07) is 10.4. The van der Waals surface area contributed by atoms with Gasteiger partial charge in [-0.1, -0.05) is 24.3 Å². The molecule has 1 aromatic carbocycles. The average Bonchev–Trinajstić information content (AvgIpc) is 3.07. The summed E-state index contributed by atoms with van der Waals surface area (Å²) in [5.41, 5.74) is 4.40. The number of hydroxylamine groups is 1. The van der Waals surface area contributed by atoms with Crippen molar-refractivity contribution in [1.82, 2.24) is 10.4 Å². The minimum absolute atomic E-state index is 0.217. The molecule has 2 heterocycles. The lowest BCUT2D eigenvalue weighted by atomic mass is 9.93. The summed E-state index contributed by atoms with van der Waals surface area (Å²) in [5.74, 6) is -0.442. The van der Waals surface area contributed by atoms with Gasteiger partial charge in [-0.3, -0.25) is 14.4 Å². The molecule has 1 aliphatic heterocycles. The Labute approximate surface area is 127 Å². The van der Waals surface area contributed by atoms with Crippen LogP contribution in [0.3, 0.4) is 0 Å². The first-order chi connectivity index (χ1) is 10.7. The zero-order chi connectivity index (χ0) is 15.5. The Bertz CT molecular complexity index is 681. The third-order valence-corrected chi connectivity index (χ3v) is 3.75. The standard InChI is InChI=1S/C16H16N2O4/c1-21-17-15(19)13-9-11-5-2-3-6-12(11)10-18(13)16(20)14-7-4-8-22-14/h2-8,13H,9-10H2,1H3,(H,17,19)/t13-/m0/s1. The van der Waals surface area contributed by atoms with E-state index in [0.717, 1.165) is 11.1 Å². The fraction of sp³-hybridized carbons (Fsp3) is 0.250. The van der Waals surface area contributed by atoms with Gasteiger partial charge in [-0.25, -0.2) is 5.48 Å². The zero-order valence-electron chi connectivity index (χ0n) is 12.1. The number of hydrogen-bond donors (Lipinski definition) is 1. The number of amides is 2. The summed E-state index contributed by atoms with van der Waals surface area (Å²) >= 11 is 0. The summed E-state index contributed by atoms with van der Waals surface area (Å²) in [6.45, 7) is 0.359. The molecule has 0 saturated carbocycles. The van der Waals surface area contributed by atoms with E-state index in [2.05, 4.69) is 5.48 Å². The summed E-state index contributed by atoms with van der Waals surface area (Å²) in [4.78, 5) is 31.0. The molecule has 0 bridgehead atoms. The Hall–Kier alpha value is -2.60. The van der Waals surface area contributed by atoms with E-state index in [1.807, 2.05) is 24.3 Å². The Morgan fingerprint density at radius 2 is 2.00 bits per heavy atom. The van der Waals surface area contributed by atoms with Crippen LogP contribution in [0.25, 0.3) is 0 Å².